The number of aryl methyl sites for hydroxylation is 1. The van der Waals surface area contributed by atoms with Crippen LogP contribution < -0.4 is 5.73 Å². The first-order chi connectivity index (χ1) is 7.88. The van der Waals surface area contributed by atoms with Gasteiger partial charge in [0, 0.05) is 11.8 Å². The quantitative estimate of drug-likeness (QED) is 0.878. The number of hydrogen-bond acceptors (Lipinski definition) is 5. The number of sulfone groups is 1. The van der Waals surface area contributed by atoms with Gasteiger partial charge in [-0.1, -0.05) is 0 Å². The third kappa shape index (κ3) is 2.31. The van der Waals surface area contributed by atoms with E-state index in [1.807, 2.05) is 0 Å². The lowest BCUT2D eigenvalue weighted by molar-refractivity contribution is 0.593. The van der Waals surface area contributed by atoms with Crippen molar-refractivity contribution in [3.05, 3.63) is 30.0 Å². The fraction of sp³-hybridized carbons (Fsp3) is 0.182. The van der Waals surface area contributed by atoms with Gasteiger partial charge in [-0.05, 0) is 31.2 Å². The number of anilines is 1. The largest absolute Gasteiger partial charge is 0.423 e. The molecule has 5 nitrogen and oxygen atoms in total. The van der Waals surface area contributed by atoms with Gasteiger partial charge < -0.3 is 10.2 Å². The fourth-order valence-electron chi connectivity index (χ4n) is 1.54. The summed E-state index contributed by atoms with van der Waals surface area (Å²) in [5.74, 6) is 0.558. The second kappa shape index (κ2) is 3.89. The first-order valence-corrected chi connectivity index (χ1v) is 6.80. The van der Waals surface area contributed by atoms with Gasteiger partial charge in [-0.2, -0.15) is 4.98 Å². The number of nitrogens with two attached hydrogens (primary N) is 1. The van der Waals surface area contributed by atoms with Crippen LogP contribution in [0.4, 0.5) is 6.01 Å². The van der Waals surface area contributed by atoms with Gasteiger partial charge in [0.05, 0.1) is 10.6 Å². The minimum Gasteiger partial charge on any atom is -0.423 e. The molecule has 2 rings (SSSR count). The summed E-state index contributed by atoms with van der Waals surface area (Å²) >= 11 is 0. The average molecular weight is 252 g/mol. The van der Waals surface area contributed by atoms with Crippen molar-refractivity contribution in [3.63, 3.8) is 0 Å². The Labute approximate surface area is 99.2 Å². The molecule has 2 N–H and O–H groups in total. The molecule has 0 aliphatic rings. The fourth-order valence-corrected chi connectivity index (χ4v) is 2.17. The molecular weight excluding hydrogens is 240 g/mol. The molecule has 0 saturated carbocycles. The van der Waals surface area contributed by atoms with Gasteiger partial charge in [0.2, 0.25) is 0 Å². The second-order valence-corrected chi connectivity index (χ2v) is 5.78. The maximum atomic E-state index is 11.3. The molecule has 0 fully saturated rings. The van der Waals surface area contributed by atoms with E-state index in [2.05, 4.69) is 4.98 Å². The van der Waals surface area contributed by atoms with E-state index in [-0.39, 0.29) is 10.9 Å². The minimum absolute atomic E-state index is 0.102. The lowest BCUT2D eigenvalue weighted by Crippen LogP contribution is -1.96. The van der Waals surface area contributed by atoms with E-state index in [1.54, 1.807) is 19.1 Å². The van der Waals surface area contributed by atoms with E-state index in [0.717, 1.165) is 5.56 Å². The first kappa shape index (κ1) is 11.7. The first-order valence-electron chi connectivity index (χ1n) is 4.91. The SMILES string of the molecule is Cc1nc(N)oc1-c1ccc(S(C)(=O)=O)cc1. The Morgan fingerprint density at radius 3 is 2.24 bits per heavy atom. The predicted molar refractivity (Wildman–Crippen MR) is 64.2 cm³/mol. The second-order valence-electron chi connectivity index (χ2n) is 3.76. The van der Waals surface area contributed by atoms with Crippen molar-refractivity contribution in [2.75, 3.05) is 12.0 Å². The number of hydrogen-bond donors (Lipinski definition) is 1. The van der Waals surface area contributed by atoms with Crippen molar-refractivity contribution in [3.8, 4) is 11.3 Å². The lowest BCUT2D eigenvalue weighted by Gasteiger charge is -2.00. The van der Waals surface area contributed by atoms with E-state index in [1.165, 1.54) is 18.4 Å². The molecule has 0 amide bonds. The van der Waals surface area contributed by atoms with E-state index >= 15 is 0 Å². The van der Waals surface area contributed by atoms with Gasteiger partial charge in [0.15, 0.2) is 15.6 Å². The summed E-state index contributed by atoms with van der Waals surface area (Å²) in [6.07, 6.45) is 1.17. The third-order valence-corrected chi connectivity index (χ3v) is 3.49. The topological polar surface area (TPSA) is 86.2 Å². The van der Waals surface area contributed by atoms with Crippen LogP contribution in [0.3, 0.4) is 0 Å². The summed E-state index contributed by atoms with van der Waals surface area (Å²) in [4.78, 5) is 4.22. The number of rotatable bonds is 2. The smallest absolute Gasteiger partial charge is 0.292 e. The monoisotopic (exact) mass is 252 g/mol. The third-order valence-electron chi connectivity index (χ3n) is 2.36. The summed E-state index contributed by atoms with van der Waals surface area (Å²) in [7, 11) is -3.18. The Bertz CT molecular complexity index is 642. The van der Waals surface area contributed by atoms with Crippen LogP contribution in [0.2, 0.25) is 0 Å². The van der Waals surface area contributed by atoms with Crippen LogP contribution >= 0.6 is 0 Å². The van der Waals surface area contributed by atoms with Crippen molar-refractivity contribution in [2.24, 2.45) is 0 Å². The number of oxazole rings is 1. The van der Waals surface area contributed by atoms with E-state index in [4.69, 9.17) is 10.2 Å². The zero-order valence-electron chi connectivity index (χ0n) is 9.47. The maximum absolute atomic E-state index is 11.3. The predicted octanol–water partition coefficient (Wildman–Crippen LogP) is 1.64. The van der Waals surface area contributed by atoms with Crippen molar-refractivity contribution in [1.82, 2.24) is 4.98 Å². The van der Waals surface area contributed by atoms with Gasteiger partial charge in [-0.3, -0.25) is 0 Å². The van der Waals surface area contributed by atoms with Crippen LogP contribution in [0.25, 0.3) is 11.3 Å². The molecule has 17 heavy (non-hydrogen) atoms. The number of nitrogens with zero attached hydrogens (tertiary/aromatic N) is 1. The molecule has 1 aromatic heterocycles. The van der Waals surface area contributed by atoms with Crippen LogP contribution in [0, 0.1) is 6.92 Å². The molecular formula is C11H12N2O3S. The molecule has 2 aromatic rings. The molecule has 90 valence electrons. The van der Waals surface area contributed by atoms with Gasteiger partial charge in [0.1, 0.15) is 0 Å². The summed E-state index contributed by atoms with van der Waals surface area (Å²) in [6, 6.07) is 6.50. The minimum atomic E-state index is -3.18. The Balaban J connectivity index is 2.46. The molecule has 0 spiro atoms. The van der Waals surface area contributed by atoms with Gasteiger partial charge in [0.25, 0.3) is 6.01 Å². The zero-order chi connectivity index (χ0) is 12.6. The highest BCUT2D eigenvalue weighted by molar-refractivity contribution is 7.90. The molecule has 6 heteroatoms. The van der Waals surface area contributed by atoms with E-state index < -0.39 is 9.84 Å². The van der Waals surface area contributed by atoms with E-state index in [0.29, 0.717) is 11.5 Å². The van der Waals surface area contributed by atoms with Crippen LogP contribution in [0.5, 0.6) is 0 Å². The normalized spacial score (nSPS) is 11.6. The Kier molecular flexibility index (Phi) is 2.66. The van der Waals surface area contributed by atoms with Crippen LogP contribution in [0.1, 0.15) is 5.69 Å². The van der Waals surface area contributed by atoms with E-state index in [9.17, 15) is 8.42 Å². The number of aromatic nitrogens is 1. The van der Waals surface area contributed by atoms with Crippen LogP contribution in [-0.4, -0.2) is 19.7 Å². The molecule has 0 unspecified atom stereocenters. The highest BCUT2D eigenvalue weighted by Gasteiger charge is 2.11. The zero-order valence-corrected chi connectivity index (χ0v) is 10.3. The van der Waals surface area contributed by atoms with Gasteiger partial charge in [-0.25, -0.2) is 8.42 Å². The maximum Gasteiger partial charge on any atom is 0.292 e. The Morgan fingerprint density at radius 2 is 1.82 bits per heavy atom. The molecule has 0 saturated heterocycles. The standard InChI is InChI=1S/C11H12N2O3S/c1-7-10(16-11(12)13-7)8-3-5-9(6-4-8)17(2,14)15/h3-6H,1-2H3,(H2,12,13). The summed E-state index contributed by atoms with van der Waals surface area (Å²) < 4.78 is 27.8. The molecule has 0 bridgehead atoms. The Morgan fingerprint density at radius 1 is 1.24 bits per heavy atom. The molecule has 0 aliphatic heterocycles. The van der Waals surface area contributed by atoms with Crippen molar-refractivity contribution in [1.29, 1.82) is 0 Å². The highest BCUT2D eigenvalue weighted by atomic mass is 32.2. The van der Waals surface area contributed by atoms with Crippen molar-refractivity contribution < 1.29 is 12.8 Å². The van der Waals surface area contributed by atoms with Crippen LogP contribution in [-0.2, 0) is 9.84 Å². The lowest BCUT2D eigenvalue weighted by atomic mass is 10.1. The summed E-state index contributed by atoms with van der Waals surface area (Å²) in [5.41, 5.74) is 6.87. The van der Waals surface area contributed by atoms with Crippen LogP contribution in [0.15, 0.2) is 33.6 Å². The summed E-state index contributed by atoms with van der Waals surface area (Å²) in [6.45, 7) is 1.78. The van der Waals surface area contributed by atoms with Gasteiger partial charge in [-0.15, -0.1) is 0 Å². The molecule has 0 radical (unpaired) electrons. The molecule has 0 atom stereocenters. The highest BCUT2D eigenvalue weighted by Crippen LogP contribution is 2.26. The van der Waals surface area contributed by atoms with Crippen molar-refractivity contribution >= 4 is 15.9 Å². The van der Waals surface area contributed by atoms with Crippen molar-refractivity contribution in [2.45, 2.75) is 11.8 Å². The summed E-state index contributed by atoms with van der Waals surface area (Å²) in [5, 5.41) is 0. The van der Waals surface area contributed by atoms with Gasteiger partial charge >= 0.3 is 0 Å². The Hall–Kier alpha value is -1.82. The molecule has 0 aliphatic carbocycles. The molecule has 1 aromatic carbocycles. The number of nitrogen functional groups attached to an aromatic ring is 1. The number of benzene rings is 1. The molecule has 1 heterocycles. The average Bonchev–Trinajstić information content (AvgIpc) is 2.57.